The van der Waals surface area contributed by atoms with E-state index in [0.717, 1.165) is 11.8 Å². The second-order valence-corrected chi connectivity index (χ2v) is 5.61. The van der Waals surface area contributed by atoms with E-state index < -0.39 is 9.84 Å². The van der Waals surface area contributed by atoms with Crippen molar-refractivity contribution >= 4 is 27.3 Å². The average Bonchev–Trinajstić information content (AvgIpc) is 2.25. The first-order chi connectivity index (χ1) is 7.43. The van der Waals surface area contributed by atoms with E-state index in [2.05, 4.69) is 5.32 Å². The Bertz CT molecular complexity index is 485. The number of rotatable bonds is 4. The number of amides is 1. The summed E-state index contributed by atoms with van der Waals surface area (Å²) in [5.41, 5.74) is 0.724. The number of alkyl halides is 1. The van der Waals surface area contributed by atoms with Crippen LogP contribution in [0.4, 0.5) is 0 Å². The van der Waals surface area contributed by atoms with Crippen LogP contribution in [0.25, 0.3) is 0 Å². The molecule has 0 bridgehead atoms. The van der Waals surface area contributed by atoms with Crippen molar-refractivity contribution in [2.45, 2.75) is 11.4 Å². The van der Waals surface area contributed by atoms with Crippen LogP contribution in [-0.2, 0) is 21.2 Å². The Balaban J connectivity index is 2.80. The summed E-state index contributed by atoms with van der Waals surface area (Å²) in [7, 11) is -3.21. The molecule has 0 unspecified atom stereocenters. The van der Waals surface area contributed by atoms with Gasteiger partial charge in [-0.05, 0) is 17.7 Å². The van der Waals surface area contributed by atoms with Gasteiger partial charge in [0, 0.05) is 12.8 Å². The van der Waals surface area contributed by atoms with Crippen molar-refractivity contribution in [3.63, 3.8) is 0 Å². The van der Waals surface area contributed by atoms with Crippen molar-refractivity contribution in [1.29, 1.82) is 0 Å². The van der Waals surface area contributed by atoms with Gasteiger partial charge in [0.1, 0.15) is 5.88 Å². The van der Waals surface area contributed by atoms with Crippen molar-refractivity contribution in [3.05, 3.63) is 29.8 Å². The fourth-order valence-corrected chi connectivity index (χ4v) is 1.92. The Morgan fingerprint density at radius 1 is 1.44 bits per heavy atom. The second kappa shape index (κ2) is 5.32. The van der Waals surface area contributed by atoms with Gasteiger partial charge in [0.2, 0.25) is 5.91 Å². The molecule has 0 fully saturated rings. The highest BCUT2D eigenvalue weighted by atomic mass is 35.5. The Labute approximate surface area is 99.5 Å². The van der Waals surface area contributed by atoms with E-state index in [4.69, 9.17) is 11.6 Å². The Hall–Kier alpha value is -1.07. The van der Waals surface area contributed by atoms with Gasteiger partial charge in [-0.3, -0.25) is 4.79 Å². The van der Waals surface area contributed by atoms with E-state index in [1.165, 1.54) is 12.1 Å². The summed E-state index contributed by atoms with van der Waals surface area (Å²) in [5.74, 6) is -0.391. The minimum Gasteiger partial charge on any atom is -0.351 e. The molecule has 16 heavy (non-hydrogen) atoms. The maximum Gasteiger partial charge on any atom is 0.235 e. The van der Waals surface area contributed by atoms with E-state index in [0.29, 0.717) is 0 Å². The molecule has 0 aliphatic carbocycles. The zero-order valence-corrected chi connectivity index (χ0v) is 10.3. The van der Waals surface area contributed by atoms with E-state index >= 15 is 0 Å². The smallest absolute Gasteiger partial charge is 0.235 e. The number of halogens is 1. The lowest BCUT2D eigenvalue weighted by molar-refractivity contribution is -0.118. The molecule has 1 aromatic rings. The van der Waals surface area contributed by atoms with Crippen molar-refractivity contribution in [2.75, 3.05) is 12.1 Å². The lowest BCUT2D eigenvalue weighted by atomic mass is 10.2. The van der Waals surface area contributed by atoms with Crippen LogP contribution in [0.3, 0.4) is 0 Å². The fraction of sp³-hybridized carbons (Fsp3) is 0.300. The minimum absolute atomic E-state index is 0.105. The molecule has 0 aliphatic rings. The van der Waals surface area contributed by atoms with Crippen LogP contribution in [0, 0.1) is 0 Å². The largest absolute Gasteiger partial charge is 0.351 e. The number of carbonyl (C=O) groups excluding carboxylic acids is 1. The average molecular weight is 262 g/mol. The van der Waals surface area contributed by atoms with Crippen LogP contribution in [0.15, 0.2) is 29.2 Å². The van der Waals surface area contributed by atoms with Crippen LogP contribution >= 0.6 is 11.6 Å². The number of hydrogen-bond donors (Lipinski definition) is 1. The Kier molecular flexibility index (Phi) is 4.32. The highest BCUT2D eigenvalue weighted by molar-refractivity contribution is 7.90. The maximum atomic E-state index is 11.3. The zero-order valence-electron chi connectivity index (χ0n) is 8.73. The molecule has 6 heteroatoms. The molecule has 0 aromatic heterocycles. The third kappa shape index (κ3) is 3.83. The molecule has 0 spiro atoms. The van der Waals surface area contributed by atoms with Gasteiger partial charge in [-0.25, -0.2) is 8.42 Å². The topological polar surface area (TPSA) is 63.2 Å². The molecular formula is C10H12ClNO3S. The molecule has 1 N–H and O–H groups in total. The monoisotopic (exact) mass is 261 g/mol. The maximum absolute atomic E-state index is 11.3. The van der Waals surface area contributed by atoms with E-state index in [1.54, 1.807) is 12.1 Å². The van der Waals surface area contributed by atoms with Crippen molar-refractivity contribution in [3.8, 4) is 0 Å². The van der Waals surface area contributed by atoms with Crippen LogP contribution in [-0.4, -0.2) is 26.5 Å². The number of carbonyl (C=O) groups is 1. The predicted octanol–water partition coefficient (Wildman–Crippen LogP) is 0.945. The number of nitrogens with one attached hydrogen (secondary N) is 1. The van der Waals surface area contributed by atoms with Gasteiger partial charge >= 0.3 is 0 Å². The molecule has 0 atom stereocenters. The van der Waals surface area contributed by atoms with E-state index in [9.17, 15) is 13.2 Å². The molecular weight excluding hydrogens is 250 g/mol. The van der Waals surface area contributed by atoms with Gasteiger partial charge in [0.15, 0.2) is 9.84 Å². The lowest BCUT2D eigenvalue weighted by Gasteiger charge is -2.05. The molecule has 1 aromatic carbocycles. The summed E-state index contributed by atoms with van der Waals surface area (Å²) >= 11 is 5.31. The molecule has 0 saturated heterocycles. The van der Waals surface area contributed by atoms with Gasteiger partial charge in [0.25, 0.3) is 0 Å². The summed E-state index contributed by atoms with van der Waals surface area (Å²) in [6, 6.07) is 6.42. The summed E-state index contributed by atoms with van der Waals surface area (Å²) in [6.07, 6.45) is 1.14. The number of hydrogen-bond acceptors (Lipinski definition) is 3. The summed E-state index contributed by atoms with van der Waals surface area (Å²) in [5, 5.41) is 2.56. The van der Waals surface area contributed by atoms with Crippen molar-refractivity contribution in [1.82, 2.24) is 5.32 Å². The van der Waals surface area contributed by atoms with E-state index in [-0.39, 0.29) is 23.2 Å². The third-order valence-electron chi connectivity index (χ3n) is 1.94. The number of benzene rings is 1. The fourth-order valence-electron chi connectivity index (χ4n) is 1.13. The molecule has 4 nitrogen and oxygen atoms in total. The van der Waals surface area contributed by atoms with Crippen LogP contribution < -0.4 is 5.32 Å². The van der Waals surface area contributed by atoms with Crippen molar-refractivity contribution in [2.24, 2.45) is 0 Å². The van der Waals surface area contributed by atoms with Gasteiger partial charge in [-0.1, -0.05) is 12.1 Å². The molecule has 0 aliphatic heterocycles. The number of sulfone groups is 1. The standard InChI is InChI=1S/C10H12ClNO3S/c1-16(14,15)9-4-2-3-8(5-9)7-12-10(13)6-11/h2-5H,6-7H2,1H3,(H,12,13). The van der Waals surface area contributed by atoms with Gasteiger partial charge in [-0.15, -0.1) is 11.6 Å². The molecule has 0 saturated carbocycles. The Morgan fingerprint density at radius 2 is 2.12 bits per heavy atom. The third-order valence-corrected chi connectivity index (χ3v) is 3.29. The summed E-state index contributed by atoms with van der Waals surface area (Å²) in [6.45, 7) is 0.273. The molecule has 1 rings (SSSR count). The quantitative estimate of drug-likeness (QED) is 0.821. The van der Waals surface area contributed by atoms with Gasteiger partial charge < -0.3 is 5.32 Å². The van der Waals surface area contributed by atoms with Crippen LogP contribution in [0.2, 0.25) is 0 Å². The first-order valence-corrected chi connectivity index (χ1v) is 6.98. The lowest BCUT2D eigenvalue weighted by Crippen LogP contribution is -2.23. The first kappa shape index (κ1) is 13.0. The van der Waals surface area contributed by atoms with Crippen LogP contribution in [0.1, 0.15) is 5.56 Å². The second-order valence-electron chi connectivity index (χ2n) is 3.33. The van der Waals surface area contributed by atoms with Crippen molar-refractivity contribution < 1.29 is 13.2 Å². The molecule has 0 heterocycles. The van der Waals surface area contributed by atoms with E-state index in [1.807, 2.05) is 0 Å². The van der Waals surface area contributed by atoms with Gasteiger partial charge in [-0.2, -0.15) is 0 Å². The minimum atomic E-state index is -3.21. The van der Waals surface area contributed by atoms with Gasteiger partial charge in [0.05, 0.1) is 4.90 Å². The zero-order chi connectivity index (χ0) is 12.2. The highest BCUT2D eigenvalue weighted by Crippen LogP contribution is 2.10. The SMILES string of the molecule is CS(=O)(=O)c1cccc(CNC(=O)CCl)c1. The summed E-state index contributed by atoms with van der Waals surface area (Å²) < 4.78 is 22.5. The molecule has 1 amide bonds. The first-order valence-electron chi connectivity index (χ1n) is 4.55. The Morgan fingerprint density at radius 3 is 2.69 bits per heavy atom. The normalized spacial score (nSPS) is 11.1. The molecule has 0 radical (unpaired) electrons. The predicted molar refractivity (Wildman–Crippen MR) is 62.1 cm³/mol. The highest BCUT2D eigenvalue weighted by Gasteiger charge is 2.07. The molecule has 88 valence electrons. The summed E-state index contributed by atoms with van der Waals surface area (Å²) in [4.78, 5) is 11.1. The van der Waals surface area contributed by atoms with Crippen LogP contribution in [0.5, 0.6) is 0 Å².